The van der Waals surface area contributed by atoms with E-state index in [2.05, 4.69) is 10.4 Å². The van der Waals surface area contributed by atoms with Crippen molar-refractivity contribution in [3.05, 3.63) is 47.8 Å². The molecule has 0 aliphatic heterocycles. The first-order valence-corrected chi connectivity index (χ1v) is 6.70. The molecule has 5 nitrogen and oxygen atoms in total. The number of hydrogen-bond acceptors (Lipinski definition) is 3. The highest BCUT2D eigenvalue weighted by Crippen LogP contribution is 2.16. The Labute approximate surface area is 118 Å². The number of nitrogens with zero attached hydrogens (tertiary/aromatic N) is 2. The molecule has 0 aliphatic carbocycles. The zero-order chi connectivity index (χ0) is 14.4. The van der Waals surface area contributed by atoms with Crippen molar-refractivity contribution in [3.8, 4) is 5.75 Å². The summed E-state index contributed by atoms with van der Waals surface area (Å²) in [6, 6.07) is 9.48. The first kappa shape index (κ1) is 14.1. The van der Waals surface area contributed by atoms with Crippen molar-refractivity contribution in [1.29, 1.82) is 0 Å². The second-order valence-electron chi connectivity index (χ2n) is 4.54. The van der Waals surface area contributed by atoms with Gasteiger partial charge in [0.2, 0.25) is 0 Å². The monoisotopic (exact) mass is 273 g/mol. The van der Waals surface area contributed by atoms with Crippen LogP contribution in [0.15, 0.2) is 36.5 Å². The zero-order valence-electron chi connectivity index (χ0n) is 11.8. The van der Waals surface area contributed by atoms with Crippen LogP contribution in [0.2, 0.25) is 0 Å². The minimum absolute atomic E-state index is 0.151. The van der Waals surface area contributed by atoms with Crippen LogP contribution >= 0.6 is 0 Å². The molecule has 1 heterocycles. The quantitative estimate of drug-likeness (QED) is 0.879. The molecule has 5 heteroatoms. The maximum absolute atomic E-state index is 11.7. The van der Waals surface area contributed by atoms with Crippen LogP contribution in [-0.4, -0.2) is 22.2 Å². The zero-order valence-corrected chi connectivity index (χ0v) is 11.8. The predicted molar refractivity (Wildman–Crippen MR) is 76.7 cm³/mol. The van der Waals surface area contributed by atoms with Crippen molar-refractivity contribution in [3.63, 3.8) is 0 Å². The molecule has 1 aromatic carbocycles. The molecule has 0 atom stereocenters. The summed E-state index contributed by atoms with van der Waals surface area (Å²) in [6.45, 7) is 4.94. The van der Waals surface area contributed by atoms with E-state index < -0.39 is 0 Å². The van der Waals surface area contributed by atoms with E-state index in [1.807, 2.05) is 38.1 Å². The van der Waals surface area contributed by atoms with Crippen molar-refractivity contribution in [2.24, 2.45) is 0 Å². The molecule has 2 aromatic rings. The number of rotatable bonds is 6. The molecule has 0 saturated carbocycles. The van der Waals surface area contributed by atoms with Crippen LogP contribution in [-0.2, 0) is 6.73 Å². The maximum Gasteiger partial charge on any atom is 0.271 e. The normalized spacial score (nSPS) is 10.3. The Morgan fingerprint density at radius 2 is 2.15 bits per heavy atom. The van der Waals surface area contributed by atoms with Crippen molar-refractivity contribution in [2.45, 2.75) is 27.0 Å². The molecule has 1 aromatic heterocycles. The predicted octanol–water partition coefficient (Wildman–Crippen LogP) is 2.37. The first-order chi connectivity index (χ1) is 9.70. The summed E-state index contributed by atoms with van der Waals surface area (Å²) < 4.78 is 7.27. The number of aryl methyl sites for hydroxylation is 1. The average Bonchev–Trinajstić information content (AvgIpc) is 2.93. The molecular weight excluding hydrogens is 254 g/mol. The fourth-order valence-electron chi connectivity index (χ4n) is 1.74. The Hall–Kier alpha value is -2.30. The van der Waals surface area contributed by atoms with Crippen molar-refractivity contribution < 1.29 is 9.53 Å². The number of nitrogens with one attached hydrogen (secondary N) is 1. The number of hydrogen-bond donors (Lipinski definition) is 1. The number of ether oxygens (including phenoxy) is 1. The maximum atomic E-state index is 11.7. The number of para-hydroxylation sites is 1. The Bertz CT molecular complexity index is 578. The number of benzene rings is 1. The highest BCUT2D eigenvalue weighted by Gasteiger charge is 2.08. The van der Waals surface area contributed by atoms with Gasteiger partial charge in [0.05, 0.1) is 0 Å². The second kappa shape index (κ2) is 6.75. The highest BCUT2D eigenvalue weighted by atomic mass is 16.5. The van der Waals surface area contributed by atoms with Gasteiger partial charge in [-0.2, -0.15) is 5.10 Å². The third kappa shape index (κ3) is 3.60. The molecular formula is C15H19N3O2. The summed E-state index contributed by atoms with van der Waals surface area (Å²) >= 11 is 0. The van der Waals surface area contributed by atoms with Crippen LogP contribution in [0, 0.1) is 6.92 Å². The van der Waals surface area contributed by atoms with Gasteiger partial charge in [-0.15, -0.1) is 0 Å². The van der Waals surface area contributed by atoms with Crippen LogP contribution in [0.1, 0.15) is 29.4 Å². The number of amides is 1. The lowest BCUT2D eigenvalue weighted by atomic mass is 10.2. The third-order valence-electron chi connectivity index (χ3n) is 2.85. The third-order valence-corrected chi connectivity index (χ3v) is 2.85. The highest BCUT2D eigenvalue weighted by molar-refractivity contribution is 5.92. The molecule has 20 heavy (non-hydrogen) atoms. The van der Waals surface area contributed by atoms with E-state index >= 15 is 0 Å². The van der Waals surface area contributed by atoms with Crippen molar-refractivity contribution >= 4 is 5.91 Å². The number of carbonyl (C=O) groups is 1. The Balaban J connectivity index is 1.93. The van der Waals surface area contributed by atoms with Gasteiger partial charge in [0.15, 0.2) is 6.73 Å². The van der Waals surface area contributed by atoms with Crippen LogP contribution in [0.25, 0.3) is 0 Å². The lowest BCUT2D eigenvalue weighted by Gasteiger charge is -2.08. The molecule has 0 saturated heterocycles. The van der Waals surface area contributed by atoms with E-state index in [0.29, 0.717) is 12.2 Å². The largest absolute Gasteiger partial charge is 0.471 e. The van der Waals surface area contributed by atoms with Crippen molar-refractivity contribution in [2.75, 3.05) is 6.54 Å². The van der Waals surface area contributed by atoms with E-state index in [1.165, 1.54) is 0 Å². The van der Waals surface area contributed by atoms with Gasteiger partial charge in [-0.3, -0.25) is 4.79 Å². The van der Waals surface area contributed by atoms with E-state index in [-0.39, 0.29) is 12.6 Å². The second-order valence-corrected chi connectivity index (χ2v) is 4.54. The van der Waals surface area contributed by atoms with E-state index in [1.54, 1.807) is 16.9 Å². The van der Waals surface area contributed by atoms with Gasteiger partial charge in [0.25, 0.3) is 5.91 Å². The molecule has 0 spiro atoms. The molecule has 0 radical (unpaired) electrons. The Kier molecular flexibility index (Phi) is 4.76. The van der Waals surface area contributed by atoms with Gasteiger partial charge in [0, 0.05) is 12.7 Å². The van der Waals surface area contributed by atoms with Gasteiger partial charge < -0.3 is 10.1 Å². The first-order valence-electron chi connectivity index (χ1n) is 6.70. The smallest absolute Gasteiger partial charge is 0.271 e. The van der Waals surface area contributed by atoms with Gasteiger partial charge in [-0.05, 0) is 31.0 Å². The minimum Gasteiger partial charge on any atom is -0.471 e. The fourth-order valence-corrected chi connectivity index (χ4v) is 1.74. The van der Waals surface area contributed by atoms with Gasteiger partial charge in [-0.1, -0.05) is 25.1 Å². The number of aromatic nitrogens is 2. The molecule has 0 fully saturated rings. The average molecular weight is 273 g/mol. The summed E-state index contributed by atoms with van der Waals surface area (Å²) in [7, 11) is 0. The van der Waals surface area contributed by atoms with Gasteiger partial charge in [0.1, 0.15) is 11.4 Å². The SMILES string of the molecule is CCCNC(=O)c1ccn(COc2ccccc2C)n1. The summed E-state index contributed by atoms with van der Waals surface area (Å²) in [4.78, 5) is 11.7. The molecule has 1 N–H and O–H groups in total. The van der Waals surface area contributed by atoms with Crippen LogP contribution in [0.3, 0.4) is 0 Å². The summed E-state index contributed by atoms with van der Waals surface area (Å²) in [5.74, 6) is 0.668. The Morgan fingerprint density at radius 1 is 1.35 bits per heavy atom. The van der Waals surface area contributed by atoms with Crippen molar-refractivity contribution in [1.82, 2.24) is 15.1 Å². The topological polar surface area (TPSA) is 56.2 Å². The van der Waals surface area contributed by atoms with Gasteiger partial charge in [-0.25, -0.2) is 4.68 Å². The van der Waals surface area contributed by atoms with E-state index in [0.717, 1.165) is 17.7 Å². The van der Waals surface area contributed by atoms with Crippen LogP contribution in [0.5, 0.6) is 5.75 Å². The Morgan fingerprint density at radius 3 is 2.90 bits per heavy atom. The molecule has 0 bridgehead atoms. The van der Waals surface area contributed by atoms with E-state index in [4.69, 9.17) is 4.74 Å². The lowest BCUT2D eigenvalue weighted by molar-refractivity contribution is 0.0946. The summed E-state index contributed by atoms with van der Waals surface area (Å²) in [6.07, 6.45) is 2.64. The van der Waals surface area contributed by atoms with Crippen LogP contribution in [0.4, 0.5) is 0 Å². The number of carbonyl (C=O) groups excluding carboxylic acids is 1. The standard InChI is InChI=1S/C15H19N3O2/c1-3-9-16-15(19)13-8-10-18(17-13)11-20-14-7-5-4-6-12(14)2/h4-8,10H,3,9,11H2,1-2H3,(H,16,19). The van der Waals surface area contributed by atoms with E-state index in [9.17, 15) is 4.79 Å². The lowest BCUT2D eigenvalue weighted by Crippen LogP contribution is -2.24. The minimum atomic E-state index is -0.151. The molecule has 1 amide bonds. The molecule has 0 unspecified atom stereocenters. The molecule has 0 aliphatic rings. The fraction of sp³-hybridized carbons (Fsp3) is 0.333. The van der Waals surface area contributed by atoms with Gasteiger partial charge >= 0.3 is 0 Å². The molecule has 106 valence electrons. The summed E-state index contributed by atoms with van der Waals surface area (Å²) in [5, 5.41) is 6.98. The van der Waals surface area contributed by atoms with Crippen LogP contribution < -0.4 is 10.1 Å². The summed E-state index contributed by atoms with van der Waals surface area (Å²) in [5.41, 5.74) is 1.48. The molecule has 2 rings (SSSR count).